The van der Waals surface area contributed by atoms with Crippen molar-refractivity contribution < 1.29 is 9.53 Å². The second kappa shape index (κ2) is 7.78. The molecule has 2 aliphatic rings. The van der Waals surface area contributed by atoms with Gasteiger partial charge in [-0.15, -0.1) is 12.4 Å². The lowest BCUT2D eigenvalue weighted by Gasteiger charge is -2.21. The van der Waals surface area contributed by atoms with Gasteiger partial charge in [-0.05, 0) is 48.4 Å². The molecule has 0 saturated carbocycles. The number of hydrogen-bond donors (Lipinski definition) is 2. The van der Waals surface area contributed by atoms with Gasteiger partial charge in [-0.25, -0.2) is 0 Å². The Kier molecular flexibility index (Phi) is 6.03. The smallest absolute Gasteiger partial charge is 0.251 e. The number of rotatable bonds is 4. The van der Waals surface area contributed by atoms with E-state index in [0.29, 0.717) is 5.92 Å². The lowest BCUT2D eigenvalue weighted by molar-refractivity contribution is 0.0636. The van der Waals surface area contributed by atoms with Crippen LogP contribution in [-0.4, -0.2) is 25.7 Å². The molecule has 2 aliphatic heterocycles. The first-order valence-corrected chi connectivity index (χ1v) is 7.51. The third kappa shape index (κ3) is 4.19. The van der Waals surface area contributed by atoms with Crippen LogP contribution < -0.4 is 10.6 Å². The van der Waals surface area contributed by atoms with Crippen LogP contribution in [0.2, 0.25) is 0 Å². The summed E-state index contributed by atoms with van der Waals surface area (Å²) >= 11 is 0. The van der Waals surface area contributed by atoms with Crippen molar-refractivity contribution in [3.8, 4) is 0 Å². The van der Waals surface area contributed by atoms with Crippen LogP contribution in [0.3, 0.4) is 0 Å². The summed E-state index contributed by atoms with van der Waals surface area (Å²) in [5.41, 5.74) is 3.34. The number of ether oxygens (including phenoxy) is 1. The van der Waals surface area contributed by atoms with Crippen molar-refractivity contribution in [2.45, 2.75) is 32.4 Å². The van der Waals surface area contributed by atoms with Gasteiger partial charge in [0.05, 0.1) is 0 Å². The summed E-state index contributed by atoms with van der Waals surface area (Å²) < 4.78 is 5.35. The molecular weight excluding hydrogens is 288 g/mol. The molecular formula is C16H23ClN2O2. The molecule has 2 heterocycles. The van der Waals surface area contributed by atoms with Crippen molar-refractivity contribution in [2.75, 3.05) is 19.8 Å². The van der Waals surface area contributed by atoms with Crippen LogP contribution in [0.5, 0.6) is 0 Å². The van der Waals surface area contributed by atoms with E-state index in [-0.39, 0.29) is 18.3 Å². The van der Waals surface area contributed by atoms with Gasteiger partial charge in [0.2, 0.25) is 0 Å². The monoisotopic (exact) mass is 310 g/mol. The lowest BCUT2D eigenvalue weighted by atomic mass is 9.96. The van der Waals surface area contributed by atoms with Crippen LogP contribution >= 0.6 is 12.4 Å². The quantitative estimate of drug-likeness (QED) is 0.897. The molecule has 1 saturated heterocycles. The average molecular weight is 311 g/mol. The lowest BCUT2D eigenvalue weighted by Crippen LogP contribution is -2.27. The molecule has 21 heavy (non-hydrogen) atoms. The van der Waals surface area contributed by atoms with E-state index >= 15 is 0 Å². The SMILES string of the molecule is Cl.O=C(NCCC1CCOCC1)c1ccc2c(c1)CNC2. The van der Waals surface area contributed by atoms with Crippen molar-refractivity contribution >= 4 is 18.3 Å². The third-order valence-corrected chi connectivity index (χ3v) is 4.28. The maximum absolute atomic E-state index is 12.1. The van der Waals surface area contributed by atoms with Gasteiger partial charge < -0.3 is 15.4 Å². The summed E-state index contributed by atoms with van der Waals surface area (Å²) in [4.78, 5) is 12.1. The number of carbonyl (C=O) groups excluding carboxylic acids is 1. The summed E-state index contributed by atoms with van der Waals surface area (Å²) in [5.74, 6) is 0.750. The Morgan fingerprint density at radius 3 is 2.81 bits per heavy atom. The molecule has 1 aromatic rings. The zero-order valence-electron chi connectivity index (χ0n) is 12.2. The molecule has 5 heteroatoms. The summed E-state index contributed by atoms with van der Waals surface area (Å²) in [6, 6.07) is 6.00. The molecule has 0 radical (unpaired) electrons. The summed E-state index contributed by atoms with van der Waals surface area (Å²) in [6.45, 7) is 4.30. The molecule has 1 aromatic carbocycles. The number of halogens is 1. The van der Waals surface area contributed by atoms with Gasteiger partial charge in [-0.2, -0.15) is 0 Å². The van der Waals surface area contributed by atoms with Crippen molar-refractivity contribution in [1.82, 2.24) is 10.6 Å². The van der Waals surface area contributed by atoms with Gasteiger partial charge >= 0.3 is 0 Å². The van der Waals surface area contributed by atoms with Crippen LogP contribution in [0.25, 0.3) is 0 Å². The molecule has 0 aromatic heterocycles. The zero-order chi connectivity index (χ0) is 13.8. The van der Waals surface area contributed by atoms with Crippen molar-refractivity contribution in [2.24, 2.45) is 5.92 Å². The van der Waals surface area contributed by atoms with Crippen molar-refractivity contribution in [3.05, 3.63) is 34.9 Å². The maximum Gasteiger partial charge on any atom is 0.251 e. The summed E-state index contributed by atoms with van der Waals surface area (Å²) in [5, 5.41) is 6.33. The molecule has 2 N–H and O–H groups in total. The second-order valence-corrected chi connectivity index (χ2v) is 5.69. The van der Waals surface area contributed by atoms with E-state index in [1.807, 2.05) is 12.1 Å². The third-order valence-electron chi connectivity index (χ3n) is 4.28. The van der Waals surface area contributed by atoms with E-state index in [0.717, 1.165) is 57.7 Å². The first-order valence-electron chi connectivity index (χ1n) is 7.51. The number of nitrogens with one attached hydrogen (secondary N) is 2. The maximum atomic E-state index is 12.1. The predicted octanol–water partition coefficient (Wildman–Crippen LogP) is 2.26. The van der Waals surface area contributed by atoms with Crippen LogP contribution in [0.15, 0.2) is 18.2 Å². The van der Waals surface area contributed by atoms with E-state index in [9.17, 15) is 4.79 Å². The van der Waals surface area contributed by atoms with Crippen LogP contribution in [0.1, 0.15) is 40.7 Å². The predicted molar refractivity (Wildman–Crippen MR) is 84.7 cm³/mol. The molecule has 1 fully saturated rings. The number of fused-ring (bicyclic) bond motifs is 1. The average Bonchev–Trinajstić information content (AvgIpc) is 2.95. The fourth-order valence-corrected chi connectivity index (χ4v) is 2.96. The standard InChI is InChI=1S/C16H22N2O2.ClH/c19-16(18-6-3-12-4-7-20-8-5-12)13-1-2-14-10-17-11-15(14)9-13;/h1-2,9,12,17H,3-8,10-11H2,(H,18,19);1H. The van der Waals surface area contributed by atoms with Gasteiger partial charge in [0.15, 0.2) is 0 Å². The largest absolute Gasteiger partial charge is 0.381 e. The fraction of sp³-hybridized carbons (Fsp3) is 0.562. The van der Waals surface area contributed by atoms with Gasteiger partial charge in [-0.3, -0.25) is 4.79 Å². The minimum absolute atomic E-state index is 0. The van der Waals surface area contributed by atoms with Crippen LogP contribution in [0.4, 0.5) is 0 Å². The summed E-state index contributed by atoms with van der Waals surface area (Å²) in [7, 11) is 0. The van der Waals surface area contributed by atoms with E-state index in [4.69, 9.17) is 4.74 Å². The minimum atomic E-state index is 0. The van der Waals surface area contributed by atoms with Crippen molar-refractivity contribution in [3.63, 3.8) is 0 Å². The highest BCUT2D eigenvalue weighted by molar-refractivity contribution is 5.94. The molecule has 0 bridgehead atoms. The molecule has 3 rings (SSSR count). The number of benzene rings is 1. The highest BCUT2D eigenvalue weighted by atomic mass is 35.5. The molecule has 0 aliphatic carbocycles. The van der Waals surface area contributed by atoms with E-state index < -0.39 is 0 Å². The van der Waals surface area contributed by atoms with E-state index in [1.54, 1.807) is 0 Å². The fourth-order valence-electron chi connectivity index (χ4n) is 2.96. The van der Waals surface area contributed by atoms with E-state index in [2.05, 4.69) is 16.7 Å². The Bertz CT molecular complexity index is 487. The van der Waals surface area contributed by atoms with Gasteiger partial charge in [0.25, 0.3) is 5.91 Å². The molecule has 116 valence electrons. The van der Waals surface area contributed by atoms with Crippen LogP contribution in [-0.2, 0) is 17.8 Å². The van der Waals surface area contributed by atoms with Crippen LogP contribution in [0, 0.1) is 5.92 Å². The Morgan fingerprint density at radius 2 is 2.00 bits per heavy atom. The first-order chi connectivity index (χ1) is 9.83. The molecule has 0 spiro atoms. The summed E-state index contributed by atoms with van der Waals surface area (Å²) in [6.07, 6.45) is 3.31. The molecule has 4 nitrogen and oxygen atoms in total. The van der Waals surface area contributed by atoms with Gasteiger partial charge in [-0.1, -0.05) is 6.07 Å². The Balaban J connectivity index is 0.00000161. The van der Waals surface area contributed by atoms with Crippen molar-refractivity contribution in [1.29, 1.82) is 0 Å². The Labute approximate surface area is 132 Å². The van der Waals surface area contributed by atoms with E-state index in [1.165, 1.54) is 11.1 Å². The highest BCUT2D eigenvalue weighted by Crippen LogP contribution is 2.18. The second-order valence-electron chi connectivity index (χ2n) is 5.69. The molecule has 1 amide bonds. The molecule has 0 atom stereocenters. The van der Waals surface area contributed by atoms with Gasteiger partial charge in [0.1, 0.15) is 0 Å². The first kappa shape index (κ1) is 16.3. The number of hydrogen-bond acceptors (Lipinski definition) is 3. The number of carbonyl (C=O) groups is 1. The zero-order valence-corrected chi connectivity index (χ0v) is 13.0. The molecule has 0 unspecified atom stereocenters. The Hall–Kier alpha value is -1.10. The normalized spacial score (nSPS) is 17.9. The van der Waals surface area contributed by atoms with Gasteiger partial charge in [0, 0.05) is 38.4 Å². The Morgan fingerprint density at radius 1 is 1.24 bits per heavy atom. The topological polar surface area (TPSA) is 50.4 Å². The number of amides is 1. The minimum Gasteiger partial charge on any atom is -0.381 e. The highest BCUT2D eigenvalue weighted by Gasteiger charge is 2.15.